The Morgan fingerprint density at radius 3 is 2.70 bits per heavy atom. The molecule has 1 aromatic heterocycles. The first-order valence-electron chi connectivity index (χ1n) is 6.47. The van der Waals surface area contributed by atoms with Gasteiger partial charge in [-0.05, 0) is 19.9 Å². The van der Waals surface area contributed by atoms with Crippen LogP contribution >= 0.6 is 11.3 Å². The number of thiazole rings is 1. The topological polar surface area (TPSA) is 67.3 Å². The average Bonchev–Trinajstić information content (AvgIpc) is 2.89. The molecule has 0 spiro atoms. The fourth-order valence-electron chi connectivity index (χ4n) is 1.82. The molecule has 0 aromatic carbocycles. The molecule has 0 aliphatic rings. The Labute approximate surface area is 124 Å². The van der Waals surface area contributed by atoms with Crippen molar-refractivity contribution in [3.8, 4) is 0 Å². The predicted molar refractivity (Wildman–Crippen MR) is 82.3 cm³/mol. The Bertz CT molecular complexity index is 550. The molecule has 112 valence electrons. The summed E-state index contributed by atoms with van der Waals surface area (Å²) in [5.74, 6) is -0.106. The van der Waals surface area contributed by atoms with Crippen molar-refractivity contribution in [2.24, 2.45) is 0 Å². The molecule has 1 amide bonds. The molecule has 0 aliphatic heterocycles. The van der Waals surface area contributed by atoms with Crippen molar-refractivity contribution in [1.29, 1.82) is 0 Å². The normalized spacial score (nSPS) is 13.6. The van der Waals surface area contributed by atoms with Crippen molar-refractivity contribution in [3.63, 3.8) is 0 Å². The molecule has 0 aliphatic carbocycles. The maximum Gasteiger partial charge on any atom is 0.246 e. The van der Waals surface area contributed by atoms with Gasteiger partial charge in [0.05, 0.1) is 17.0 Å². The second-order valence-electron chi connectivity index (χ2n) is 4.42. The number of carbonyl (C=O) groups excluding carboxylic acids is 1. The molecular formula is C13H20N2O3S2. The third-order valence-electron chi connectivity index (χ3n) is 2.94. The number of rotatable bonds is 7. The molecule has 0 N–H and O–H groups in total. The highest BCUT2D eigenvalue weighted by Gasteiger charge is 2.21. The van der Waals surface area contributed by atoms with E-state index < -0.39 is 9.84 Å². The minimum Gasteiger partial charge on any atom is -0.336 e. The van der Waals surface area contributed by atoms with Gasteiger partial charge in [0.1, 0.15) is 0 Å². The Balaban J connectivity index is 2.72. The fourth-order valence-corrected chi connectivity index (χ4v) is 3.49. The summed E-state index contributed by atoms with van der Waals surface area (Å²) >= 11 is 1.46. The highest BCUT2D eigenvalue weighted by Crippen LogP contribution is 2.07. The Morgan fingerprint density at radius 2 is 2.20 bits per heavy atom. The zero-order valence-electron chi connectivity index (χ0n) is 11.9. The Morgan fingerprint density at radius 1 is 1.50 bits per heavy atom. The Kier molecular flexibility index (Phi) is 6.35. The third kappa shape index (κ3) is 5.05. The van der Waals surface area contributed by atoms with Crippen molar-refractivity contribution >= 4 is 33.2 Å². The van der Waals surface area contributed by atoms with Crippen LogP contribution in [0.25, 0.3) is 6.08 Å². The zero-order valence-corrected chi connectivity index (χ0v) is 13.6. The van der Waals surface area contributed by atoms with E-state index in [9.17, 15) is 13.2 Å². The van der Waals surface area contributed by atoms with E-state index in [-0.39, 0.29) is 23.5 Å². The van der Waals surface area contributed by atoms with Crippen LogP contribution in [0.4, 0.5) is 0 Å². The van der Waals surface area contributed by atoms with Crippen LogP contribution in [-0.4, -0.2) is 48.3 Å². The van der Waals surface area contributed by atoms with Crippen molar-refractivity contribution in [2.75, 3.05) is 18.1 Å². The number of sulfone groups is 1. The minimum absolute atomic E-state index is 0.00633. The van der Waals surface area contributed by atoms with E-state index in [1.54, 1.807) is 30.3 Å². The van der Waals surface area contributed by atoms with Crippen molar-refractivity contribution in [3.05, 3.63) is 22.7 Å². The van der Waals surface area contributed by atoms with Crippen LogP contribution in [0, 0.1) is 0 Å². The summed E-state index contributed by atoms with van der Waals surface area (Å²) in [7, 11) is -3.09. The second kappa shape index (κ2) is 7.54. The summed E-state index contributed by atoms with van der Waals surface area (Å²) in [6.45, 7) is 5.68. The van der Waals surface area contributed by atoms with Crippen LogP contribution < -0.4 is 0 Å². The predicted octanol–water partition coefficient (Wildman–Crippen LogP) is 1.83. The lowest BCUT2D eigenvalue weighted by Gasteiger charge is -2.26. The number of amides is 1. The number of hydrogen-bond acceptors (Lipinski definition) is 5. The summed E-state index contributed by atoms with van der Waals surface area (Å²) in [4.78, 5) is 17.7. The molecule has 1 aromatic rings. The van der Waals surface area contributed by atoms with Crippen LogP contribution in [0.1, 0.15) is 26.5 Å². The smallest absolute Gasteiger partial charge is 0.246 e. The van der Waals surface area contributed by atoms with Gasteiger partial charge in [0.25, 0.3) is 0 Å². The summed E-state index contributed by atoms with van der Waals surface area (Å²) in [6, 6.07) is -0.336. The SMILES string of the molecule is CCN(C(=O)/C=C/c1cscn1)C(C)CS(=O)(=O)CC. The van der Waals surface area contributed by atoms with Gasteiger partial charge in [-0.2, -0.15) is 0 Å². The molecule has 0 saturated carbocycles. The van der Waals surface area contributed by atoms with Gasteiger partial charge in [-0.15, -0.1) is 11.3 Å². The molecule has 20 heavy (non-hydrogen) atoms. The standard InChI is InChI=1S/C13H20N2O3S2/c1-4-15(11(3)9-20(17,18)5-2)13(16)7-6-12-8-19-10-14-12/h6-8,10-11H,4-5,9H2,1-3H3/b7-6+. The Hall–Kier alpha value is -1.21. The molecule has 1 heterocycles. The molecule has 0 saturated heterocycles. The number of likely N-dealkylation sites (N-methyl/N-ethyl adjacent to an activating group) is 1. The van der Waals surface area contributed by atoms with Crippen LogP contribution in [-0.2, 0) is 14.6 Å². The largest absolute Gasteiger partial charge is 0.336 e. The van der Waals surface area contributed by atoms with E-state index in [4.69, 9.17) is 0 Å². The second-order valence-corrected chi connectivity index (χ2v) is 7.54. The summed E-state index contributed by atoms with van der Waals surface area (Å²) in [6.07, 6.45) is 3.08. The quantitative estimate of drug-likeness (QED) is 0.720. The maximum absolute atomic E-state index is 12.1. The lowest BCUT2D eigenvalue weighted by Crippen LogP contribution is -2.41. The zero-order chi connectivity index (χ0) is 15.2. The molecule has 1 rings (SSSR count). The minimum atomic E-state index is -3.09. The number of nitrogens with zero attached hydrogens (tertiary/aromatic N) is 2. The summed E-state index contributed by atoms with van der Waals surface area (Å²) in [5.41, 5.74) is 2.42. The lowest BCUT2D eigenvalue weighted by molar-refractivity contribution is -0.127. The number of carbonyl (C=O) groups is 1. The van der Waals surface area contributed by atoms with Gasteiger partial charge >= 0.3 is 0 Å². The van der Waals surface area contributed by atoms with Gasteiger partial charge in [0.2, 0.25) is 5.91 Å². The maximum atomic E-state index is 12.1. The molecule has 0 bridgehead atoms. The molecule has 0 radical (unpaired) electrons. The summed E-state index contributed by atoms with van der Waals surface area (Å²) < 4.78 is 23.3. The van der Waals surface area contributed by atoms with Crippen molar-refractivity contribution in [1.82, 2.24) is 9.88 Å². The van der Waals surface area contributed by atoms with E-state index in [0.717, 1.165) is 5.69 Å². The molecular weight excluding hydrogens is 296 g/mol. The van der Waals surface area contributed by atoms with Crippen LogP contribution in [0.2, 0.25) is 0 Å². The van der Waals surface area contributed by atoms with Gasteiger partial charge in [0, 0.05) is 29.8 Å². The van der Waals surface area contributed by atoms with Crippen molar-refractivity contribution < 1.29 is 13.2 Å². The lowest BCUT2D eigenvalue weighted by atomic mass is 10.3. The van der Waals surface area contributed by atoms with E-state index in [0.29, 0.717) is 6.54 Å². The van der Waals surface area contributed by atoms with Gasteiger partial charge in [-0.1, -0.05) is 6.92 Å². The molecule has 7 heteroatoms. The van der Waals surface area contributed by atoms with Gasteiger partial charge in [-0.3, -0.25) is 4.79 Å². The highest BCUT2D eigenvalue weighted by atomic mass is 32.2. The van der Waals surface area contributed by atoms with Gasteiger partial charge in [-0.25, -0.2) is 13.4 Å². The highest BCUT2D eigenvalue weighted by molar-refractivity contribution is 7.91. The van der Waals surface area contributed by atoms with E-state index in [1.807, 2.05) is 12.3 Å². The van der Waals surface area contributed by atoms with Crippen LogP contribution in [0.15, 0.2) is 17.0 Å². The molecule has 1 atom stereocenters. The number of aromatic nitrogens is 1. The van der Waals surface area contributed by atoms with Crippen molar-refractivity contribution in [2.45, 2.75) is 26.8 Å². The van der Waals surface area contributed by atoms with Gasteiger partial charge in [0.15, 0.2) is 9.84 Å². The van der Waals surface area contributed by atoms with E-state index in [2.05, 4.69) is 4.98 Å². The average molecular weight is 316 g/mol. The first kappa shape index (κ1) is 16.8. The first-order valence-corrected chi connectivity index (χ1v) is 9.23. The van der Waals surface area contributed by atoms with E-state index >= 15 is 0 Å². The summed E-state index contributed by atoms with van der Waals surface area (Å²) in [5, 5.41) is 1.84. The van der Waals surface area contributed by atoms with Crippen LogP contribution in [0.3, 0.4) is 0 Å². The number of hydrogen-bond donors (Lipinski definition) is 0. The molecule has 5 nitrogen and oxygen atoms in total. The van der Waals surface area contributed by atoms with Gasteiger partial charge < -0.3 is 4.90 Å². The fraction of sp³-hybridized carbons (Fsp3) is 0.538. The van der Waals surface area contributed by atoms with Crippen LogP contribution in [0.5, 0.6) is 0 Å². The van der Waals surface area contributed by atoms with E-state index in [1.165, 1.54) is 17.4 Å². The first-order chi connectivity index (χ1) is 9.39. The molecule has 1 unspecified atom stereocenters. The monoisotopic (exact) mass is 316 g/mol. The third-order valence-corrected chi connectivity index (χ3v) is 5.41. The molecule has 0 fully saturated rings.